The molecule has 0 aromatic rings. The third-order valence-corrected chi connectivity index (χ3v) is 3.25. The van der Waals surface area contributed by atoms with E-state index in [1.54, 1.807) is 5.57 Å². The van der Waals surface area contributed by atoms with E-state index in [0.717, 1.165) is 12.6 Å². The number of nitrogens with one attached hydrogen (secondary N) is 1. The lowest BCUT2D eigenvalue weighted by Crippen LogP contribution is -2.31. The topological polar surface area (TPSA) is 15.3 Å². The fraction of sp³-hybridized carbons (Fsp3) is 0.818. The van der Waals surface area contributed by atoms with Crippen LogP contribution in [0.25, 0.3) is 0 Å². The molecule has 2 nitrogen and oxygen atoms in total. The van der Waals surface area contributed by atoms with Crippen LogP contribution in [0.4, 0.5) is 0 Å². The Kier molecular flexibility index (Phi) is 3.01. The van der Waals surface area contributed by atoms with Gasteiger partial charge in [-0.05, 0) is 39.3 Å². The second kappa shape index (κ2) is 4.25. The molecular weight excluding hydrogens is 160 g/mol. The molecule has 1 atom stereocenters. The summed E-state index contributed by atoms with van der Waals surface area (Å²) >= 11 is 0. The van der Waals surface area contributed by atoms with Gasteiger partial charge in [0.25, 0.3) is 0 Å². The zero-order chi connectivity index (χ0) is 9.10. The molecular formula is C11H20N2. The average molecular weight is 180 g/mol. The molecule has 1 unspecified atom stereocenters. The molecule has 1 N–H and O–H groups in total. The molecule has 0 saturated carbocycles. The van der Waals surface area contributed by atoms with E-state index in [1.807, 2.05) is 0 Å². The summed E-state index contributed by atoms with van der Waals surface area (Å²) in [5, 5.41) is 3.36. The summed E-state index contributed by atoms with van der Waals surface area (Å²) in [6.45, 7) is 7.15. The van der Waals surface area contributed by atoms with Crippen LogP contribution in [-0.2, 0) is 0 Å². The summed E-state index contributed by atoms with van der Waals surface area (Å²) < 4.78 is 0. The van der Waals surface area contributed by atoms with Crippen molar-refractivity contribution in [1.29, 1.82) is 0 Å². The first-order valence-electron chi connectivity index (χ1n) is 5.49. The summed E-state index contributed by atoms with van der Waals surface area (Å²) in [7, 11) is 0. The summed E-state index contributed by atoms with van der Waals surface area (Å²) in [5.74, 6) is 0. The highest BCUT2D eigenvalue weighted by Gasteiger charge is 2.20. The van der Waals surface area contributed by atoms with Gasteiger partial charge in [0.05, 0.1) is 0 Å². The first-order valence-corrected chi connectivity index (χ1v) is 5.49. The Morgan fingerprint density at radius 1 is 1.62 bits per heavy atom. The number of rotatable bonds is 2. The highest BCUT2D eigenvalue weighted by Crippen LogP contribution is 2.19. The van der Waals surface area contributed by atoms with Crippen LogP contribution in [0.3, 0.4) is 0 Å². The van der Waals surface area contributed by atoms with Crippen LogP contribution in [0.5, 0.6) is 0 Å². The zero-order valence-electron chi connectivity index (χ0n) is 8.55. The maximum Gasteiger partial charge on any atom is 0.0196 e. The number of hydrogen-bond donors (Lipinski definition) is 1. The minimum atomic E-state index is 0.816. The van der Waals surface area contributed by atoms with Gasteiger partial charge < -0.3 is 5.32 Å². The molecule has 74 valence electrons. The molecule has 1 saturated heterocycles. The van der Waals surface area contributed by atoms with E-state index < -0.39 is 0 Å². The zero-order valence-corrected chi connectivity index (χ0v) is 8.55. The molecule has 2 rings (SSSR count). The Morgan fingerprint density at radius 3 is 3.15 bits per heavy atom. The van der Waals surface area contributed by atoms with Crippen molar-refractivity contribution in [3.63, 3.8) is 0 Å². The van der Waals surface area contributed by atoms with E-state index in [0.29, 0.717) is 0 Å². The second-order valence-corrected chi connectivity index (χ2v) is 4.28. The first-order chi connectivity index (χ1) is 6.36. The Hall–Kier alpha value is -0.340. The van der Waals surface area contributed by atoms with E-state index in [4.69, 9.17) is 0 Å². The van der Waals surface area contributed by atoms with Gasteiger partial charge in [0.15, 0.2) is 0 Å². The van der Waals surface area contributed by atoms with Crippen molar-refractivity contribution < 1.29 is 0 Å². The summed E-state index contributed by atoms with van der Waals surface area (Å²) in [6, 6.07) is 0.816. The van der Waals surface area contributed by atoms with Crippen molar-refractivity contribution in [1.82, 2.24) is 10.2 Å². The number of hydrogen-bond acceptors (Lipinski definition) is 2. The van der Waals surface area contributed by atoms with Gasteiger partial charge in [0, 0.05) is 19.1 Å². The molecule has 2 aliphatic heterocycles. The monoisotopic (exact) mass is 180 g/mol. The summed E-state index contributed by atoms with van der Waals surface area (Å²) in [6.07, 6.45) is 6.41. The smallest absolute Gasteiger partial charge is 0.0196 e. The second-order valence-electron chi connectivity index (χ2n) is 4.28. The average Bonchev–Trinajstić information content (AvgIpc) is 2.54. The van der Waals surface area contributed by atoms with Gasteiger partial charge in [0.1, 0.15) is 0 Å². The van der Waals surface area contributed by atoms with E-state index >= 15 is 0 Å². The van der Waals surface area contributed by atoms with Crippen LogP contribution in [0.15, 0.2) is 11.6 Å². The molecule has 0 aromatic heterocycles. The van der Waals surface area contributed by atoms with Crippen LogP contribution < -0.4 is 5.32 Å². The van der Waals surface area contributed by atoms with Crippen LogP contribution in [-0.4, -0.2) is 37.1 Å². The van der Waals surface area contributed by atoms with Gasteiger partial charge in [-0.25, -0.2) is 0 Å². The van der Waals surface area contributed by atoms with E-state index in [1.165, 1.54) is 38.9 Å². The van der Waals surface area contributed by atoms with Crippen LogP contribution in [0.1, 0.15) is 26.2 Å². The van der Waals surface area contributed by atoms with Crippen LogP contribution in [0.2, 0.25) is 0 Å². The van der Waals surface area contributed by atoms with E-state index in [9.17, 15) is 0 Å². The van der Waals surface area contributed by atoms with E-state index in [2.05, 4.69) is 23.2 Å². The maximum absolute atomic E-state index is 3.36. The largest absolute Gasteiger partial charge is 0.313 e. The minimum absolute atomic E-state index is 0.816. The Labute approximate surface area is 81.0 Å². The van der Waals surface area contributed by atoms with Gasteiger partial charge in [-0.1, -0.05) is 11.6 Å². The molecule has 1 fully saturated rings. The third kappa shape index (κ3) is 2.32. The molecule has 0 amide bonds. The lowest BCUT2D eigenvalue weighted by Gasteiger charge is -2.24. The van der Waals surface area contributed by atoms with Crippen molar-refractivity contribution in [3.05, 3.63) is 11.6 Å². The van der Waals surface area contributed by atoms with E-state index in [-0.39, 0.29) is 0 Å². The normalized spacial score (nSPS) is 30.5. The SMILES string of the molecule is CC1CCCN1CC1=CCNCC1. The molecule has 13 heavy (non-hydrogen) atoms. The number of nitrogens with zero attached hydrogens (tertiary/aromatic N) is 1. The van der Waals surface area contributed by atoms with Crippen molar-refractivity contribution in [2.45, 2.75) is 32.2 Å². The summed E-state index contributed by atoms with van der Waals surface area (Å²) in [4.78, 5) is 2.62. The highest BCUT2D eigenvalue weighted by atomic mass is 15.2. The molecule has 0 aliphatic carbocycles. The van der Waals surface area contributed by atoms with Crippen LogP contribution in [0, 0.1) is 0 Å². The van der Waals surface area contributed by atoms with Crippen molar-refractivity contribution in [2.75, 3.05) is 26.2 Å². The van der Waals surface area contributed by atoms with Crippen LogP contribution >= 0.6 is 0 Å². The Bertz CT molecular complexity index is 198. The molecule has 0 spiro atoms. The van der Waals surface area contributed by atoms with Gasteiger partial charge >= 0.3 is 0 Å². The van der Waals surface area contributed by atoms with Crippen molar-refractivity contribution >= 4 is 0 Å². The molecule has 0 radical (unpaired) electrons. The maximum atomic E-state index is 3.36. The van der Waals surface area contributed by atoms with Gasteiger partial charge in [-0.2, -0.15) is 0 Å². The summed E-state index contributed by atoms with van der Waals surface area (Å²) in [5.41, 5.74) is 1.65. The van der Waals surface area contributed by atoms with Gasteiger partial charge in [0.2, 0.25) is 0 Å². The Morgan fingerprint density at radius 2 is 2.54 bits per heavy atom. The predicted octanol–water partition coefficient (Wildman–Crippen LogP) is 1.39. The first kappa shape index (κ1) is 9.22. The number of likely N-dealkylation sites (tertiary alicyclic amines) is 1. The van der Waals surface area contributed by atoms with Crippen molar-refractivity contribution in [3.8, 4) is 0 Å². The molecule has 2 heteroatoms. The quantitative estimate of drug-likeness (QED) is 0.646. The third-order valence-electron chi connectivity index (χ3n) is 3.25. The fourth-order valence-corrected chi connectivity index (χ4v) is 2.30. The van der Waals surface area contributed by atoms with Gasteiger partial charge in [-0.3, -0.25) is 4.90 Å². The lowest BCUT2D eigenvalue weighted by atomic mass is 10.1. The fourth-order valence-electron chi connectivity index (χ4n) is 2.30. The predicted molar refractivity (Wildman–Crippen MR) is 55.8 cm³/mol. The Balaban J connectivity index is 1.85. The molecule has 0 aromatic carbocycles. The molecule has 0 bridgehead atoms. The minimum Gasteiger partial charge on any atom is -0.313 e. The standard InChI is InChI=1S/C11H20N2/c1-10-3-2-8-13(10)9-11-4-6-12-7-5-11/h4,10,12H,2-3,5-9H2,1H3. The van der Waals surface area contributed by atoms with Gasteiger partial charge in [-0.15, -0.1) is 0 Å². The lowest BCUT2D eigenvalue weighted by molar-refractivity contribution is 0.287. The molecule has 2 aliphatic rings. The molecule has 2 heterocycles. The van der Waals surface area contributed by atoms with Crippen molar-refractivity contribution in [2.24, 2.45) is 0 Å². The highest BCUT2D eigenvalue weighted by molar-refractivity contribution is 5.09.